The number of nitrogens with one attached hydrogen (secondary N) is 3. The van der Waals surface area contributed by atoms with Crippen LogP contribution in [0.2, 0.25) is 0 Å². The van der Waals surface area contributed by atoms with Crippen LogP contribution in [0.4, 0.5) is 4.39 Å². The minimum absolute atomic E-state index is 0.128. The van der Waals surface area contributed by atoms with Gasteiger partial charge in [0.25, 0.3) is 0 Å². The topological polar surface area (TPSA) is 69.8 Å². The highest BCUT2D eigenvalue weighted by Gasteiger charge is 2.34. The van der Waals surface area contributed by atoms with E-state index >= 15 is 0 Å². The molecule has 2 fully saturated rings. The lowest BCUT2D eigenvalue weighted by Crippen LogP contribution is -2.39. The van der Waals surface area contributed by atoms with Crippen molar-refractivity contribution in [3.63, 3.8) is 0 Å². The molecular formula is C18H23FN4O. The molecule has 2 aliphatic rings. The van der Waals surface area contributed by atoms with E-state index in [9.17, 15) is 9.18 Å². The van der Waals surface area contributed by atoms with Gasteiger partial charge < -0.3 is 15.6 Å². The molecule has 0 aliphatic carbocycles. The van der Waals surface area contributed by atoms with Crippen molar-refractivity contribution in [1.82, 2.24) is 20.6 Å². The Morgan fingerprint density at radius 1 is 1.29 bits per heavy atom. The zero-order chi connectivity index (χ0) is 16.5. The number of piperidine rings is 1. The second-order valence-electron chi connectivity index (χ2n) is 7.12. The number of hydrogen-bond donors (Lipinski definition) is 3. The SMILES string of the molecule is O=C(CC1CC2CCC(C1)N2)NCCc1nc2ccc(F)cc2[nH]1. The van der Waals surface area contributed by atoms with Crippen LogP contribution in [0.3, 0.4) is 0 Å². The van der Waals surface area contributed by atoms with Gasteiger partial charge in [0.2, 0.25) is 5.91 Å². The van der Waals surface area contributed by atoms with Gasteiger partial charge in [0, 0.05) is 31.5 Å². The zero-order valence-electron chi connectivity index (χ0n) is 13.6. The fourth-order valence-electron chi connectivity index (χ4n) is 4.15. The minimum atomic E-state index is -0.276. The van der Waals surface area contributed by atoms with E-state index in [1.54, 1.807) is 6.07 Å². The van der Waals surface area contributed by atoms with Crippen molar-refractivity contribution in [2.75, 3.05) is 6.54 Å². The quantitative estimate of drug-likeness (QED) is 0.788. The summed E-state index contributed by atoms with van der Waals surface area (Å²) in [4.78, 5) is 19.7. The van der Waals surface area contributed by atoms with Gasteiger partial charge in [-0.3, -0.25) is 4.79 Å². The van der Waals surface area contributed by atoms with Gasteiger partial charge in [-0.25, -0.2) is 9.37 Å². The van der Waals surface area contributed by atoms with Crippen molar-refractivity contribution in [2.24, 2.45) is 5.92 Å². The molecule has 2 aromatic rings. The number of aromatic amines is 1. The molecule has 2 saturated heterocycles. The Morgan fingerprint density at radius 3 is 2.88 bits per heavy atom. The van der Waals surface area contributed by atoms with Crippen molar-refractivity contribution >= 4 is 16.9 Å². The molecule has 6 heteroatoms. The number of rotatable bonds is 5. The molecule has 2 aliphatic heterocycles. The van der Waals surface area contributed by atoms with Crippen LogP contribution in [0.5, 0.6) is 0 Å². The fraction of sp³-hybridized carbons (Fsp3) is 0.556. The number of carbonyl (C=O) groups is 1. The first-order valence-corrected chi connectivity index (χ1v) is 8.82. The van der Waals surface area contributed by atoms with Gasteiger partial charge in [-0.05, 0) is 49.8 Å². The number of carbonyl (C=O) groups excluding carboxylic acids is 1. The summed E-state index contributed by atoms with van der Waals surface area (Å²) in [6.07, 6.45) is 6.02. The molecule has 0 spiro atoms. The molecule has 0 radical (unpaired) electrons. The lowest BCUT2D eigenvalue weighted by atomic mass is 9.89. The third-order valence-electron chi connectivity index (χ3n) is 5.22. The maximum absolute atomic E-state index is 13.2. The Kier molecular flexibility index (Phi) is 4.22. The predicted octanol–water partition coefficient (Wildman–Crippen LogP) is 2.28. The second-order valence-corrected chi connectivity index (χ2v) is 7.12. The Balaban J connectivity index is 1.25. The summed E-state index contributed by atoms with van der Waals surface area (Å²) in [5, 5.41) is 6.59. The van der Waals surface area contributed by atoms with Gasteiger partial charge in [-0.1, -0.05) is 0 Å². The predicted molar refractivity (Wildman–Crippen MR) is 90.1 cm³/mol. The lowest BCUT2D eigenvalue weighted by Gasteiger charge is -2.28. The number of hydrogen-bond acceptors (Lipinski definition) is 3. The molecule has 0 saturated carbocycles. The molecule has 2 atom stereocenters. The second kappa shape index (κ2) is 6.51. The number of benzene rings is 1. The lowest BCUT2D eigenvalue weighted by molar-refractivity contribution is -0.122. The third kappa shape index (κ3) is 3.43. The van der Waals surface area contributed by atoms with Crippen LogP contribution < -0.4 is 10.6 Å². The first-order valence-electron chi connectivity index (χ1n) is 8.82. The molecule has 3 N–H and O–H groups in total. The van der Waals surface area contributed by atoms with Crippen LogP contribution in [0.15, 0.2) is 18.2 Å². The maximum Gasteiger partial charge on any atom is 0.220 e. The normalized spacial score (nSPS) is 26.0. The first-order chi connectivity index (χ1) is 11.7. The van der Waals surface area contributed by atoms with Crippen LogP contribution >= 0.6 is 0 Å². The van der Waals surface area contributed by atoms with Gasteiger partial charge >= 0.3 is 0 Å². The van der Waals surface area contributed by atoms with E-state index in [0.717, 1.165) is 24.2 Å². The summed E-state index contributed by atoms with van der Waals surface area (Å²) in [6.45, 7) is 0.555. The molecule has 5 nitrogen and oxygen atoms in total. The molecular weight excluding hydrogens is 307 g/mol. The number of nitrogens with zero attached hydrogens (tertiary/aromatic N) is 1. The molecule has 3 heterocycles. The molecule has 1 aromatic heterocycles. The average molecular weight is 330 g/mol. The van der Waals surface area contributed by atoms with E-state index in [1.807, 2.05) is 0 Å². The highest BCUT2D eigenvalue weighted by atomic mass is 19.1. The number of H-pyrrole nitrogens is 1. The molecule has 2 bridgehead atoms. The Hall–Kier alpha value is -1.95. The molecule has 24 heavy (non-hydrogen) atoms. The highest BCUT2D eigenvalue weighted by molar-refractivity contribution is 5.76. The van der Waals surface area contributed by atoms with E-state index in [0.29, 0.717) is 42.9 Å². The van der Waals surface area contributed by atoms with E-state index in [1.165, 1.54) is 25.0 Å². The molecule has 2 unspecified atom stereocenters. The average Bonchev–Trinajstić information content (AvgIpc) is 3.09. The molecule has 1 aromatic carbocycles. The van der Waals surface area contributed by atoms with Gasteiger partial charge in [-0.2, -0.15) is 0 Å². The van der Waals surface area contributed by atoms with Gasteiger partial charge in [-0.15, -0.1) is 0 Å². The van der Waals surface area contributed by atoms with E-state index in [4.69, 9.17) is 0 Å². The van der Waals surface area contributed by atoms with Crippen LogP contribution in [0.1, 0.15) is 37.9 Å². The number of amides is 1. The van der Waals surface area contributed by atoms with Crippen LogP contribution in [0, 0.1) is 11.7 Å². The summed E-state index contributed by atoms with van der Waals surface area (Å²) in [6, 6.07) is 5.75. The largest absolute Gasteiger partial charge is 0.356 e. The smallest absolute Gasteiger partial charge is 0.220 e. The van der Waals surface area contributed by atoms with Crippen molar-refractivity contribution < 1.29 is 9.18 Å². The molecule has 128 valence electrons. The van der Waals surface area contributed by atoms with E-state index in [2.05, 4.69) is 20.6 Å². The van der Waals surface area contributed by atoms with Crippen LogP contribution in [-0.4, -0.2) is 34.5 Å². The maximum atomic E-state index is 13.2. The summed E-state index contributed by atoms with van der Waals surface area (Å²) in [7, 11) is 0. The fourth-order valence-corrected chi connectivity index (χ4v) is 4.15. The van der Waals surface area contributed by atoms with Crippen molar-refractivity contribution in [3.8, 4) is 0 Å². The number of fused-ring (bicyclic) bond motifs is 3. The van der Waals surface area contributed by atoms with E-state index < -0.39 is 0 Å². The van der Waals surface area contributed by atoms with E-state index in [-0.39, 0.29) is 11.7 Å². The van der Waals surface area contributed by atoms with Crippen molar-refractivity contribution in [2.45, 2.75) is 50.6 Å². The summed E-state index contributed by atoms with van der Waals surface area (Å²) in [5.74, 6) is 1.14. The number of halogens is 1. The van der Waals surface area contributed by atoms with Gasteiger partial charge in [0.15, 0.2) is 0 Å². The van der Waals surface area contributed by atoms with Crippen LogP contribution in [-0.2, 0) is 11.2 Å². The Morgan fingerprint density at radius 2 is 2.08 bits per heavy atom. The number of aromatic nitrogens is 2. The summed E-state index contributed by atoms with van der Waals surface area (Å²) >= 11 is 0. The molecule has 1 amide bonds. The van der Waals surface area contributed by atoms with Gasteiger partial charge in [0.1, 0.15) is 11.6 Å². The number of imidazole rings is 1. The first kappa shape index (κ1) is 15.6. The van der Waals surface area contributed by atoms with Gasteiger partial charge in [0.05, 0.1) is 11.0 Å². The summed E-state index contributed by atoms with van der Waals surface area (Å²) < 4.78 is 13.2. The van der Waals surface area contributed by atoms with Crippen LogP contribution in [0.25, 0.3) is 11.0 Å². The standard InChI is InChI=1S/C18H23FN4O/c19-12-1-4-15-16(10-12)23-17(22-15)5-6-20-18(24)9-11-7-13-2-3-14(8-11)21-13/h1,4,10-11,13-14,21H,2-3,5-9H2,(H,20,24)(H,22,23). The van der Waals surface area contributed by atoms with Crippen molar-refractivity contribution in [3.05, 3.63) is 29.8 Å². The highest BCUT2D eigenvalue weighted by Crippen LogP contribution is 2.32. The summed E-state index contributed by atoms with van der Waals surface area (Å²) in [5.41, 5.74) is 1.45. The molecule has 4 rings (SSSR count). The van der Waals surface area contributed by atoms with Crippen molar-refractivity contribution in [1.29, 1.82) is 0 Å². The Bertz CT molecular complexity index is 732. The third-order valence-corrected chi connectivity index (χ3v) is 5.22. The minimum Gasteiger partial charge on any atom is -0.356 e. The monoisotopic (exact) mass is 330 g/mol. The zero-order valence-corrected chi connectivity index (χ0v) is 13.6. The Labute approximate surface area is 140 Å².